The maximum Gasteiger partial charge on any atom is 0.317 e. The number of nitrogens with one attached hydrogen (secondary N) is 1. The van der Waals surface area contributed by atoms with E-state index in [1.54, 1.807) is 11.0 Å². The molecule has 1 aromatic carbocycles. The van der Waals surface area contributed by atoms with Crippen molar-refractivity contribution in [3.8, 4) is 0 Å². The molecule has 2 aliphatic rings. The van der Waals surface area contributed by atoms with Crippen LogP contribution in [0.5, 0.6) is 0 Å². The molecule has 1 heterocycles. The van der Waals surface area contributed by atoms with Gasteiger partial charge in [-0.3, -0.25) is 4.79 Å². The van der Waals surface area contributed by atoms with Crippen molar-refractivity contribution in [2.24, 2.45) is 5.92 Å². The Morgan fingerprint density at radius 2 is 1.88 bits per heavy atom. The second-order valence-corrected chi connectivity index (χ2v) is 6.55. The zero-order chi connectivity index (χ0) is 16.9. The topological polar surface area (TPSA) is 52.7 Å². The van der Waals surface area contributed by atoms with E-state index in [0.29, 0.717) is 32.6 Å². The summed E-state index contributed by atoms with van der Waals surface area (Å²) < 4.78 is 13.1. The zero-order valence-corrected chi connectivity index (χ0v) is 13.8. The molecule has 3 amide bonds. The first-order valence-corrected chi connectivity index (χ1v) is 8.69. The summed E-state index contributed by atoms with van der Waals surface area (Å²) >= 11 is 0. The molecule has 130 valence electrons. The highest BCUT2D eigenvalue weighted by molar-refractivity contribution is 5.81. The van der Waals surface area contributed by atoms with E-state index in [1.807, 2.05) is 11.0 Å². The van der Waals surface area contributed by atoms with Crippen molar-refractivity contribution in [1.29, 1.82) is 0 Å². The van der Waals surface area contributed by atoms with E-state index >= 15 is 0 Å². The molecular weight excluding hydrogens is 309 g/mol. The van der Waals surface area contributed by atoms with Crippen molar-refractivity contribution in [2.45, 2.75) is 25.7 Å². The second kappa shape index (κ2) is 7.64. The molecule has 1 saturated heterocycles. The van der Waals surface area contributed by atoms with Crippen LogP contribution in [0.15, 0.2) is 24.3 Å². The molecule has 0 unspecified atom stereocenters. The van der Waals surface area contributed by atoms with E-state index in [1.165, 1.54) is 12.1 Å². The Morgan fingerprint density at radius 3 is 2.62 bits per heavy atom. The van der Waals surface area contributed by atoms with Crippen LogP contribution in [0.4, 0.5) is 9.18 Å². The van der Waals surface area contributed by atoms with Crippen molar-refractivity contribution < 1.29 is 14.0 Å². The normalized spacial score (nSPS) is 18.2. The molecule has 2 fully saturated rings. The van der Waals surface area contributed by atoms with Gasteiger partial charge in [0.05, 0.1) is 0 Å². The van der Waals surface area contributed by atoms with Gasteiger partial charge in [0.15, 0.2) is 0 Å². The number of rotatable bonds is 4. The Hall–Kier alpha value is -2.11. The fourth-order valence-corrected chi connectivity index (χ4v) is 3.05. The van der Waals surface area contributed by atoms with E-state index in [9.17, 15) is 14.0 Å². The average Bonchev–Trinajstić information content (AvgIpc) is 3.41. The van der Waals surface area contributed by atoms with E-state index in [0.717, 1.165) is 31.4 Å². The summed E-state index contributed by atoms with van der Waals surface area (Å²) in [5.41, 5.74) is 0.868. The Morgan fingerprint density at radius 1 is 1.12 bits per heavy atom. The van der Waals surface area contributed by atoms with Gasteiger partial charge in [0.1, 0.15) is 5.82 Å². The number of carbonyl (C=O) groups is 2. The molecule has 5 nitrogen and oxygen atoms in total. The van der Waals surface area contributed by atoms with Gasteiger partial charge in [-0.15, -0.1) is 0 Å². The first-order chi connectivity index (χ1) is 11.6. The summed E-state index contributed by atoms with van der Waals surface area (Å²) in [6.07, 6.45) is 3.44. The molecule has 1 N–H and O–H groups in total. The van der Waals surface area contributed by atoms with E-state index in [-0.39, 0.29) is 23.7 Å². The van der Waals surface area contributed by atoms with Crippen LogP contribution in [0.1, 0.15) is 24.8 Å². The molecule has 0 spiro atoms. The third-order valence-electron chi connectivity index (χ3n) is 4.60. The van der Waals surface area contributed by atoms with Gasteiger partial charge in [0, 0.05) is 38.6 Å². The van der Waals surface area contributed by atoms with Crippen LogP contribution in [0.3, 0.4) is 0 Å². The predicted molar refractivity (Wildman–Crippen MR) is 89.0 cm³/mol. The Kier molecular flexibility index (Phi) is 5.33. The second-order valence-electron chi connectivity index (χ2n) is 6.55. The lowest BCUT2D eigenvalue weighted by Crippen LogP contribution is -2.43. The SMILES string of the molecule is O=C(NCCc1cccc(F)c1)N1CCCN(C(=O)C2CC2)CC1. The van der Waals surface area contributed by atoms with Crippen LogP contribution in [-0.2, 0) is 11.2 Å². The third kappa shape index (κ3) is 4.46. The van der Waals surface area contributed by atoms with Crippen LogP contribution in [-0.4, -0.2) is 54.5 Å². The van der Waals surface area contributed by atoms with E-state index in [2.05, 4.69) is 5.32 Å². The fourth-order valence-electron chi connectivity index (χ4n) is 3.05. The number of urea groups is 1. The van der Waals surface area contributed by atoms with Gasteiger partial charge in [0.25, 0.3) is 0 Å². The largest absolute Gasteiger partial charge is 0.341 e. The van der Waals surface area contributed by atoms with Crippen molar-refractivity contribution in [3.05, 3.63) is 35.6 Å². The van der Waals surface area contributed by atoms with Gasteiger partial charge in [0.2, 0.25) is 5.91 Å². The van der Waals surface area contributed by atoms with Crippen molar-refractivity contribution in [2.75, 3.05) is 32.7 Å². The number of nitrogens with zero attached hydrogens (tertiary/aromatic N) is 2. The average molecular weight is 333 g/mol. The third-order valence-corrected chi connectivity index (χ3v) is 4.60. The number of carbonyl (C=O) groups excluding carboxylic acids is 2. The lowest BCUT2D eigenvalue weighted by Gasteiger charge is -2.22. The Labute approximate surface area is 141 Å². The summed E-state index contributed by atoms with van der Waals surface area (Å²) in [6.45, 7) is 3.07. The standard InChI is InChI=1S/C18H24FN3O2/c19-16-4-1-3-14(13-16)7-8-20-18(24)22-10-2-9-21(11-12-22)17(23)15-5-6-15/h1,3-4,13,15H,2,5-12H2,(H,20,24). The zero-order valence-electron chi connectivity index (χ0n) is 13.8. The van der Waals surface area contributed by atoms with Crippen LogP contribution >= 0.6 is 0 Å². The number of hydrogen-bond acceptors (Lipinski definition) is 2. The molecule has 1 aliphatic heterocycles. The molecular formula is C18H24FN3O2. The van der Waals surface area contributed by atoms with Crippen molar-refractivity contribution >= 4 is 11.9 Å². The molecule has 1 saturated carbocycles. The highest BCUT2D eigenvalue weighted by atomic mass is 19.1. The monoisotopic (exact) mass is 333 g/mol. The number of hydrogen-bond donors (Lipinski definition) is 1. The molecule has 0 bridgehead atoms. The number of halogens is 1. The summed E-state index contributed by atoms with van der Waals surface area (Å²) in [7, 11) is 0. The van der Waals surface area contributed by atoms with Gasteiger partial charge in [-0.25, -0.2) is 9.18 Å². The molecule has 1 aliphatic carbocycles. The molecule has 24 heavy (non-hydrogen) atoms. The smallest absolute Gasteiger partial charge is 0.317 e. The van der Waals surface area contributed by atoms with Gasteiger partial charge in [-0.2, -0.15) is 0 Å². The van der Waals surface area contributed by atoms with E-state index < -0.39 is 0 Å². The maximum absolute atomic E-state index is 13.1. The van der Waals surface area contributed by atoms with Gasteiger partial charge >= 0.3 is 6.03 Å². The van der Waals surface area contributed by atoms with Crippen LogP contribution in [0.25, 0.3) is 0 Å². The molecule has 0 radical (unpaired) electrons. The quantitative estimate of drug-likeness (QED) is 0.916. The first-order valence-electron chi connectivity index (χ1n) is 8.69. The first kappa shape index (κ1) is 16.7. The van der Waals surface area contributed by atoms with Gasteiger partial charge < -0.3 is 15.1 Å². The maximum atomic E-state index is 13.1. The van der Waals surface area contributed by atoms with Gasteiger partial charge in [-0.1, -0.05) is 12.1 Å². The van der Waals surface area contributed by atoms with Crippen molar-refractivity contribution in [1.82, 2.24) is 15.1 Å². The lowest BCUT2D eigenvalue weighted by molar-refractivity contribution is -0.132. The number of amides is 3. The summed E-state index contributed by atoms with van der Waals surface area (Å²) in [4.78, 5) is 28.1. The minimum Gasteiger partial charge on any atom is -0.341 e. The fraction of sp³-hybridized carbons (Fsp3) is 0.556. The van der Waals surface area contributed by atoms with Crippen LogP contribution in [0.2, 0.25) is 0 Å². The molecule has 0 atom stereocenters. The van der Waals surface area contributed by atoms with E-state index in [4.69, 9.17) is 0 Å². The molecule has 6 heteroatoms. The van der Waals surface area contributed by atoms with Crippen LogP contribution in [0, 0.1) is 11.7 Å². The van der Waals surface area contributed by atoms with Crippen LogP contribution < -0.4 is 5.32 Å². The molecule has 3 rings (SSSR count). The molecule has 0 aromatic heterocycles. The minimum atomic E-state index is -0.258. The summed E-state index contributed by atoms with van der Waals surface area (Å²) in [6, 6.07) is 6.31. The Balaban J connectivity index is 1.42. The Bertz CT molecular complexity index is 604. The highest BCUT2D eigenvalue weighted by Gasteiger charge is 2.34. The number of benzene rings is 1. The lowest BCUT2D eigenvalue weighted by atomic mass is 10.1. The predicted octanol–water partition coefficient (Wildman–Crippen LogP) is 2.02. The minimum absolute atomic E-state index is 0.105. The highest BCUT2D eigenvalue weighted by Crippen LogP contribution is 2.31. The van der Waals surface area contributed by atoms with Crippen molar-refractivity contribution in [3.63, 3.8) is 0 Å². The van der Waals surface area contributed by atoms with Gasteiger partial charge in [-0.05, 0) is 43.4 Å². The summed E-state index contributed by atoms with van der Waals surface area (Å²) in [5.74, 6) is 0.228. The summed E-state index contributed by atoms with van der Waals surface area (Å²) in [5, 5.41) is 2.89. The molecule has 1 aromatic rings.